The van der Waals surface area contributed by atoms with E-state index in [4.69, 9.17) is 0 Å². The Balaban J connectivity index is 1.55. The van der Waals surface area contributed by atoms with E-state index in [1.807, 2.05) is 0 Å². The van der Waals surface area contributed by atoms with Crippen LogP contribution in [0.5, 0.6) is 0 Å². The van der Waals surface area contributed by atoms with E-state index < -0.39 is 0 Å². The zero-order valence-corrected chi connectivity index (χ0v) is 11.7. The Labute approximate surface area is 119 Å². The molecule has 100 valence electrons. The summed E-state index contributed by atoms with van der Waals surface area (Å²) in [6, 6.07) is 0. The lowest BCUT2D eigenvalue weighted by molar-refractivity contribution is 0.181. The molecule has 0 heterocycles. The van der Waals surface area contributed by atoms with Crippen molar-refractivity contribution in [2.45, 2.75) is 12.8 Å². The topological polar surface area (TPSA) is 0 Å². The van der Waals surface area contributed by atoms with E-state index in [-0.39, 0.29) is 0 Å². The standard InChI is InChI=1S/C20H20/c1-3-7-5-2-6-8-4(1)10-9(3)15-13(7)17-11(5)12(6)18-14(8)16(10)19(15)20(17)18/h3-5,7,9-20H,1-2H2/t3-,4+,5-,7-,9-,10+,11-,12-,13-,14+,15-,16+,17-,18-,19-,20+/m1/s1. The highest BCUT2D eigenvalue weighted by Gasteiger charge is 2.90. The normalized spacial score (nSPS) is 92.4. The van der Waals surface area contributed by atoms with Crippen LogP contribution >= 0.6 is 0 Å². The van der Waals surface area contributed by atoms with Gasteiger partial charge in [0.2, 0.25) is 0 Å². The van der Waals surface area contributed by atoms with E-state index in [0.29, 0.717) is 0 Å². The van der Waals surface area contributed by atoms with Gasteiger partial charge in [0.15, 0.2) is 0 Å². The molecule has 10 aliphatic carbocycles. The van der Waals surface area contributed by atoms with Crippen LogP contribution in [-0.2, 0) is 0 Å². The maximum atomic E-state index is 2.19. The van der Waals surface area contributed by atoms with Crippen LogP contribution in [0.4, 0.5) is 0 Å². The molecule has 0 bridgehead atoms. The van der Waals surface area contributed by atoms with Gasteiger partial charge in [-0.3, -0.25) is 0 Å². The molecular formula is C20H20. The summed E-state index contributed by atoms with van der Waals surface area (Å²) in [6.07, 6.45) is 3.34. The summed E-state index contributed by atoms with van der Waals surface area (Å²) >= 11 is 0. The molecule has 0 N–H and O–H groups in total. The van der Waals surface area contributed by atoms with Crippen LogP contribution in [0.15, 0.2) is 11.1 Å². The van der Waals surface area contributed by atoms with Gasteiger partial charge in [-0.05, 0) is 108 Å². The first-order chi connectivity index (χ1) is 9.97. The minimum absolute atomic E-state index is 1.16. The third-order valence-corrected chi connectivity index (χ3v) is 11.9. The van der Waals surface area contributed by atoms with E-state index >= 15 is 0 Å². The molecule has 0 unspecified atom stereocenters. The second-order valence-corrected chi connectivity index (χ2v) is 10.8. The van der Waals surface area contributed by atoms with E-state index in [0.717, 1.165) is 5.92 Å². The van der Waals surface area contributed by atoms with Gasteiger partial charge in [-0.1, -0.05) is 11.1 Å². The van der Waals surface area contributed by atoms with E-state index in [2.05, 4.69) is 11.1 Å². The predicted molar refractivity (Wildman–Crippen MR) is 72.1 cm³/mol. The molecule has 0 spiro atoms. The first kappa shape index (κ1) is 8.39. The third-order valence-electron chi connectivity index (χ3n) is 11.9. The van der Waals surface area contributed by atoms with Gasteiger partial charge in [0.1, 0.15) is 0 Å². The van der Waals surface area contributed by atoms with Crippen molar-refractivity contribution in [3.8, 4) is 0 Å². The van der Waals surface area contributed by atoms with Crippen LogP contribution in [0, 0.1) is 94.7 Å². The van der Waals surface area contributed by atoms with Crippen LogP contribution < -0.4 is 0 Å². The highest BCUT2D eigenvalue weighted by atomic mass is 14.9. The minimum atomic E-state index is 1.16. The summed E-state index contributed by atoms with van der Waals surface area (Å²) in [4.78, 5) is 0. The molecule has 0 nitrogen and oxygen atoms in total. The Morgan fingerprint density at radius 1 is 0.550 bits per heavy atom. The van der Waals surface area contributed by atoms with Crippen LogP contribution in [-0.4, -0.2) is 0 Å². The van der Waals surface area contributed by atoms with Crippen LogP contribution in [0.25, 0.3) is 0 Å². The quantitative estimate of drug-likeness (QED) is 0.587. The fourth-order valence-corrected chi connectivity index (χ4v) is 13.3. The van der Waals surface area contributed by atoms with Gasteiger partial charge in [0.25, 0.3) is 0 Å². The summed E-state index contributed by atoms with van der Waals surface area (Å²) < 4.78 is 0. The van der Waals surface area contributed by atoms with Gasteiger partial charge in [-0.15, -0.1) is 0 Å². The van der Waals surface area contributed by atoms with E-state index in [1.54, 1.807) is 12.8 Å². The van der Waals surface area contributed by atoms with Crippen molar-refractivity contribution in [1.82, 2.24) is 0 Å². The summed E-state index contributed by atoms with van der Waals surface area (Å²) in [7, 11) is 0. The van der Waals surface area contributed by atoms with Crippen molar-refractivity contribution in [3.63, 3.8) is 0 Å². The van der Waals surface area contributed by atoms with Crippen molar-refractivity contribution < 1.29 is 0 Å². The first-order valence-electron chi connectivity index (χ1n) is 9.69. The number of rotatable bonds is 0. The average Bonchev–Trinajstić information content (AvgIpc) is 3.11. The molecule has 10 aliphatic rings. The number of hydrogen-bond donors (Lipinski definition) is 0. The van der Waals surface area contributed by atoms with Gasteiger partial charge in [-0.2, -0.15) is 0 Å². The second kappa shape index (κ2) is 1.90. The number of allylic oxidation sites excluding steroid dienone is 2. The molecule has 16 atom stereocenters. The molecule has 0 aromatic rings. The van der Waals surface area contributed by atoms with Crippen molar-refractivity contribution in [2.75, 3.05) is 0 Å². The Kier molecular flexibility index (Phi) is 0.797. The third kappa shape index (κ3) is 0.428. The van der Waals surface area contributed by atoms with Crippen molar-refractivity contribution in [2.24, 2.45) is 94.7 Å². The van der Waals surface area contributed by atoms with Crippen molar-refractivity contribution in [1.29, 1.82) is 0 Å². The molecule has 0 aliphatic heterocycles. The molecule has 0 heteroatoms. The molecular weight excluding hydrogens is 240 g/mol. The lowest BCUT2D eigenvalue weighted by Crippen LogP contribution is -2.26. The zero-order chi connectivity index (χ0) is 11.8. The number of fused-ring (bicyclic) bond motifs is 3. The highest BCUT2D eigenvalue weighted by molar-refractivity contribution is 5.52. The largest absolute Gasteiger partial charge is 0.0664 e. The molecule has 10 rings (SSSR count). The van der Waals surface area contributed by atoms with Crippen molar-refractivity contribution in [3.05, 3.63) is 11.1 Å². The van der Waals surface area contributed by atoms with Crippen LogP contribution in [0.3, 0.4) is 0 Å². The fraction of sp³-hybridized carbons (Fsp3) is 0.900. The Morgan fingerprint density at radius 2 is 1.35 bits per heavy atom. The average molecular weight is 260 g/mol. The molecule has 9 fully saturated rings. The van der Waals surface area contributed by atoms with E-state index in [1.165, 1.54) is 88.8 Å². The van der Waals surface area contributed by atoms with Crippen LogP contribution in [0.1, 0.15) is 12.8 Å². The second-order valence-electron chi connectivity index (χ2n) is 10.8. The minimum Gasteiger partial charge on any atom is -0.0664 e. The monoisotopic (exact) mass is 260 g/mol. The zero-order valence-electron chi connectivity index (χ0n) is 11.7. The molecule has 0 saturated heterocycles. The molecule has 0 aromatic heterocycles. The highest BCUT2D eigenvalue weighted by Crippen LogP contribution is 2.95. The lowest BCUT2D eigenvalue weighted by atomic mass is 9.74. The van der Waals surface area contributed by atoms with E-state index in [9.17, 15) is 0 Å². The molecule has 20 heavy (non-hydrogen) atoms. The van der Waals surface area contributed by atoms with Gasteiger partial charge in [0.05, 0.1) is 0 Å². The Hall–Kier alpha value is -0.260. The Morgan fingerprint density at radius 3 is 2.35 bits per heavy atom. The summed E-state index contributed by atoms with van der Waals surface area (Å²) in [5, 5.41) is 0. The summed E-state index contributed by atoms with van der Waals surface area (Å²) in [5.74, 6) is 20.0. The van der Waals surface area contributed by atoms with Crippen molar-refractivity contribution >= 4 is 0 Å². The van der Waals surface area contributed by atoms with Gasteiger partial charge in [0, 0.05) is 0 Å². The maximum Gasteiger partial charge on any atom is -0.0126 e. The molecule has 9 saturated carbocycles. The smallest absolute Gasteiger partial charge is 0.0126 e. The fourth-order valence-electron chi connectivity index (χ4n) is 13.3. The Bertz CT molecular complexity index is 707. The predicted octanol–water partition coefficient (Wildman–Crippen LogP) is 3.06. The lowest BCUT2D eigenvalue weighted by Gasteiger charge is -2.31. The molecule has 0 amide bonds. The SMILES string of the molecule is C1C2=C3[C@@H]4[C@H]5[C@H]2[C@H]2[C@H]1[C@H]1[C@H]6C[C@@H]3[C@H]3[C@@H]6[C@@H]6[C@@H]1[C@@H]2[C@@H]5[C@H]6[C@H]43. The molecule has 0 aromatic carbocycles. The van der Waals surface area contributed by atoms with Gasteiger partial charge in [-0.25, -0.2) is 0 Å². The van der Waals surface area contributed by atoms with Crippen LogP contribution in [0.2, 0.25) is 0 Å². The van der Waals surface area contributed by atoms with Gasteiger partial charge < -0.3 is 0 Å². The van der Waals surface area contributed by atoms with Gasteiger partial charge >= 0.3 is 0 Å². The maximum absolute atomic E-state index is 2.19. The summed E-state index contributed by atoms with van der Waals surface area (Å²) in [6.45, 7) is 0. The summed E-state index contributed by atoms with van der Waals surface area (Å²) in [5.41, 5.74) is 4.35. The first-order valence-corrected chi connectivity index (χ1v) is 9.69. The number of hydrogen-bond acceptors (Lipinski definition) is 0. The molecule has 0 radical (unpaired) electrons.